The van der Waals surface area contributed by atoms with Crippen LogP contribution < -0.4 is 0 Å². The van der Waals surface area contributed by atoms with Gasteiger partial charge in [-0.3, -0.25) is 14.5 Å². The zero-order chi connectivity index (χ0) is 12.2. The number of rotatable bonds is 5. The van der Waals surface area contributed by atoms with E-state index in [-0.39, 0.29) is 24.4 Å². The standard InChI is InChI=1S/C10H20N2O3/c1-7(2)9(11(3)4)10(15)12(5)6-8(13)14/h7,9H,6H2,1-5H3,(H,13,14)/t9-/m0/s1. The van der Waals surface area contributed by atoms with E-state index >= 15 is 0 Å². The van der Waals surface area contributed by atoms with Gasteiger partial charge in [-0.2, -0.15) is 0 Å². The van der Waals surface area contributed by atoms with E-state index in [1.54, 1.807) is 0 Å². The lowest BCUT2D eigenvalue weighted by molar-refractivity contribution is -0.146. The molecule has 0 aliphatic heterocycles. The predicted molar refractivity (Wildman–Crippen MR) is 57.6 cm³/mol. The number of hydrogen-bond acceptors (Lipinski definition) is 3. The van der Waals surface area contributed by atoms with Gasteiger partial charge in [0.05, 0.1) is 6.04 Å². The molecule has 5 heteroatoms. The minimum absolute atomic E-state index is 0.155. The van der Waals surface area contributed by atoms with E-state index in [1.165, 1.54) is 11.9 Å². The summed E-state index contributed by atoms with van der Waals surface area (Å²) in [5, 5.41) is 8.58. The largest absolute Gasteiger partial charge is 0.480 e. The van der Waals surface area contributed by atoms with Crippen LogP contribution in [0.25, 0.3) is 0 Å². The normalized spacial score (nSPS) is 13.0. The zero-order valence-corrected chi connectivity index (χ0v) is 10.0. The molecule has 1 amide bonds. The third-order valence-corrected chi connectivity index (χ3v) is 2.19. The monoisotopic (exact) mass is 216 g/mol. The fraction of sp³-hybridized carbons (Fsp3) is 0.800. The van der Waals surface area contributed by atoms with Crippen molar-refractivity contribution in [2.45, 2.75) is 19.9 Å². The second-order valence-electron chi connectivity index (χ2n) is 4.24. The van der Waals surface area contributed by atoms with Crippen molar-refractivity contribution in [2.24, 2.45) is 5.92 Å². The summed E-state index contributed by atoms with van der Waals surface area (Å²) in [6.45, 7) is 3.63. The van der Waals surface area contributed by atoms with Gasteiger partial charge in [-0.05, 0) is 20.0 Å². The fourth-order valence-electron chi connectivity index (χ4n) is 1.61. The molecule has 0 aliphatic carbocycles. The summed E-state index contributed by atoms with van der Waals surface area (Å²) in [5.74, 6) is -0.992. The Labute approximate surface area is 90.7 Å². The van der Waals surface area contributed by atoms with E-state index in [0.29, 0.717) is 0 Å². The Balaban J connectivity index is 4.57. The van der Waals surface area contributed by atoms with Crippen LogP contribution in [-0.4, -0.2) is 60.5 Å². The molecule has 0 saturated carbocycles. The van der Waals surface area contributed by atoms with Crippen LogP contribution >= 0.6 is 0 Å². The van der Waals surface area contributed by atoms with E-state index < -0.39 is 5.97 Å². The maximum Gasteiger partial charge on any atom is 0.323 e. The van der Waals surface area contributed by atoms with Gasteiger partial charge in [0.1, 0.15) is 6.54 Å². The van der Waals surface area contributed by atoms with E-state index in [9.17, 15) is 9.59 Å². The maximum absolute atomic E-state index is 11.9. The van der Waals surface area contributed by atoms with Crippen molar-refractivity contribution >= 4 is 11.9 Å². The molecule has 0 fully saturated rings. The van der Waals surface area contributed by atoms with Crippen molar-refractivity contribution < 1.29 is 14.7 Å². The molecule has 0 rings (SSSR count). The lowest BCUT2D eigenvalue weighted by Gasteiger charge is -2.30. The number of amides is 1. The van der Waals surface area contributed by atoms with Gasteiger partial charge in [0.25, 0.3) is 0 Å². The molecule has 0 saturated heterocycles. The second-order valence-corrected chi connectivity index (χ2v) is 4.24. The molecule has 1 N–H and O–H groups in total. The number of carbonyl (C=O) groups is 2. The van der Waals surface area contributed by atoms with E-state index in [4.69, 9.17) is 5.11 Å². The number of aliphatic carboxylic acids is 1. The molecule has 88 valence electrons. The van der Waals surface area contributed by atoms with Gasteiger partial charge in [-0.15, -0.1) is 0 Å². The molecule has 0 radical (unpaired) electrons. The van der Waals surface area contributed by atoms with Crippen LogP contribution in [0.5, 0.6) is 0 Å². The SMILES string of the molecule is CC(C)[C@@H](C(=O)N(C)CC(=O)O)N(C)C. The van der Waals surface area contributed by atoms with Crippen LogP contribution in [0.2, 0.25) is 0 Å². The molecule has 0 aromatic heterocycles. The zero-order valence-electron chi connectivity index (χ0n) is 10.0. The van der Waals surface area contributed by atoms with E-state index in [2.05, 4.69) is 0 Å². The van der Waals surface area contributed by atoms with Gasteiger partial charge >= 0.3 is 5.97 Å². The summed E-state index contributed by atoms with van der Waals surface area (Å²) in [5.41, 5.74) is 0. The van der Waals surface area contributed by atoms with Crippen molar-refractivity contribution in [3.8, 4) is 0 Å². The molecule has 0 unspecified atom stereocenters. The predicted octanol–water partition coefficient (Wildman–Crippen LogP) is 0.116. The van der Waals surface area contributed by atoms with Crippen molar-refractivity contribution in [3.05, 3.63) is 0 Å². The second kappa shape index (κ2) is 5.70. The average Bonchev–Trinajstić information content (AvgIpc) is 2.00. The highest BCUT2D eigenvalue weighted by atomic mass is 16.4. The van der Waals surface area contributed by atoms with E-state index in [0.717, 1.165) is 0 Å². The summed E-state index contributed by atoms with van der Waals surface area (Å²) in [6.07, 6.45) is 0. The molecule has 0 heterocycles. The summed E-state index contributed by atoms with van der Waals surface area (Å²) < 4.78 is 0. The molecular weight excluding hydrogens is 196 g/mol. The minimum Gasteiger partial charge on any atom is -0.480 e. The third kappa shape index (κ3) is 4.29. The highest BCUT2D eigenvalue weighted by Crippen LogP contribution is 2.10. The van der Waals surface area contributed by atoms with Crippen molar-refractivity contribution in [1.29, 1.82) is 0 Å². The third-order valence-electron chi connectivity index (χ3n) is 2.19. The molecule has 1 atom stereocenters. The number of nitrogens with zero attached hydrogens (tertiary/aromatic N) is 2. The Hall–Kier alpha value is -1.10. The Morgan fingerprint density at radius 1 is 1.20 bits per heavy atom. The number of carboxylic acid groups (broad SMARTS) is 1. The van der Waals surface area contributed by atoms with Gasteiger partial charge < -0.3 is 10.0 Å². The van der Waals surface area contributed by atoms with Gasteiger partial charge in [-0.25, -0.2) is 0 Å². The van der Waals surface area contributed by atoms with Gasteiger partial charge in [0, 0.05) is 7.05 Å². The van der Waals surface area contributed by atoms with Crippen LogP contribution in [0.3, 0.4) is 0 Å². The number of carboxylic acids is 1. The van der Waals surface area contributed by atoms with Crippen LogP contribution in [-0.2, 0) is 9.59 Å². The van der Waals surface area contributed by atoms with Crippen LogP contribution in [0.15, 0.2) is 0 Å². The molecule has 0 spiro atoms. The molecule has 0 aliphatic rings. The molecule has 0 aromatic carbocycles. The van der Waals surface area contributed by atoms with Gasteiger partial charge in [0.2, 0.25) is 5.91 Å². The Morgan fingerprint density at radius 2 is 1.67 bits per heavy atom. The van der Waals surface area contributed by atoms with Crippen molar-refractivity contribution in [3.63, 3.8) is 0 Å². The smallest absolute Gasteiger partial charge is 0.323 e. The molecule has 15 heavy (non-hydrogen) atoms. The first-order valence-electron chi connectivity index (χ1n) is 4.90. The molecule has 5 nitrogen and oxygen atoms in total. The first-order chi connectivity index (χ1) is 6.77. The van der Waals surface area contributed by atoms with Crippen molar-refractivity contribution in [1.82, 2.24) is 9.80 Å². The van der Waals surface area contributed by atoms with Crippen LogP contribution in [0.4, 0.5) is 0 Å². The summed E-state index contributed by atoms with van der Waals surface area (Å²) in [4.78, 5) is 25.4. The van der Waals surface area contributed by atoms with Gasteiger partial charge in [-0.1, -0.05) is 13.8 Å². The number of hydrogen-bond donors (Lipinski definition) is 1. The lowest BCUT2D eigenvalue weighted by Crippen LogP contribution is -2.48. The molecule has 0 bridgehead atoms. The molecule has 0 aromatic rings. The Bertz CT molecular complexity index is 231. The highest BCUT2D eigenvalue weighted by Gasteiger charge is 2.27. The first kappa shape index (κ1) is 13.9. The van der Waals surface area contributed by atoms with Gasteiger partial charge in [0.15, 0.2) is 0 Å². The molecular formula is C10H20N2O3. The summed E-state index contributed by atoms with van der Waals surface area (Å²) in [6, 6.07) is -0.269. The van der Waals surface area contributed by atoms with Crippen molar-refractivity contribution in [2.75, 3.05) is 27.7 Å². The first-order valence-corrected chi connectivity index (χ1v) is 4.90. The minimum atomic E-state index is -0.993. The van der Waals surface area contributed by atoms with Crippen LogP contribution in [0.1, 0.15) is 13.8 Å². The maximum atomic E-state index is 11.9. The van der Waals surface area contributed by atoms with Crippen LogP contribution in [0, 0.1) is 5.92 Å². The summed E-state index contributed by atoms with van der Waals surface area (Å²) in [7, 11) is 5.14. The number of likely N-dealkylation sites (N-methyl/N-ethyl adjacent to an activating group) is 2. The fourth-order valence-corrected chi connectivity index (χ4v) is 1.61. The Kier molecular flexibility index (Phi) is 5.28. The lowest BCUT2D eigenvalue weighted by atomic mass is 10.0. The van der Waals surface area contributed by atoms with E-state index in [1.807, 2.05) is 32.8 Å². The summed E-state index contributed by atoms with van der Waals surface area (Å²) >= 11 is 0. The average molecular weight is 216 g/mol. The quantitative estimate of drug-likeness (QED) is 0.709. The topological polar surface area (TPSA) is 60.9 Å². The highest BCUT2D eigenvalue weighted by molar-refractivity contribution is 5.85. The number of carbonyl (C=O) groups excluding carboxylic acids is 1. The Morgan fingerprint density at radius 3 is 1.93 bits per heavy atom.